The van der Waals surface area contributed by atoms with Crippen molar-refractivity contribution in [1.82, 2.24) is 9.97 Å². The average molecular weight is 451 g/mol. The number of nitrogens with zero attached hydrogens (tertiary/aromatic N) is 2. The molecule has 0 aliphatic rings. The highest BCUT2D eigenvalue weighted by atomic mass is 35.5. The average Bonchev–Trinajstić information content (AvgIpc) is 2.75. The van der Waals surface area contributed by atoms with Crippen molar-refractivity contribution in [1.29, 1.82) is 0 Å². The third-order valence-corrected chi connectivity index (χ3v) is 5.71. The van der Waals surface area contributed by atoms with Crippen molar-refractivity contribution in [3.63, 3.8) is 0 Å². The van der Waals surface area contributed by atoms with E-state index in [1.165, 1.54) is 25.1 Å². The molecule has 6 nitrogen and oxygen atoms in total. The number of esters is 1. The molecule has 0 unspecified atom stereocenters. The van der Waals surface area contributed by atoms with Crippen LogP contribution in [0.2, 0.25) is 10.0 Å². The molecule has 0 aliphatic heterocycles. The van der Waals surface area contributed by atoms with E-state index in [-0.39, 0.29) is 18.2 Å². The fourth-order valence-corrected chi connectivity index (χ4v) is 3.64. The van der Waals surface area contributed by atoms with E-state index in [1.54, 1.807) is 25.3 Å². The molecule has 1 aromatic heterocycles. The summed E-state index contributed by atoms with van der Waals surface area (Å²) in [7, 11) is 2.88. The van der Waals surface area contributed by atoms with E-state index in [2.05, 4.69) is 9.97 Å². The van der Waals surface area contributed by atoms with E-state index in [9.17, 15) is 4.79 Å². The highest BCUT2D eigenvalue weighted by molar-refractivity contribution is 7.99. The van der Waals surface area contributed by atoms with Gasteiger partial charge >= 0.3 is 5.97 Å². The van der Waals surface area contributed by atoms with Crippen molar-refractivity contribution in [2.24, 2.45) is 0 Å². The fourth-order valence-electron chi connectivity index (χ4n) is 2.27. The van der Waals surface area contributed by atoms with E-state index >= 15 is 0 Å². The lowest BCUT2D eigenvalue weighted by molar-refractivity contribution is 0.0592. The molecule has 9 heteroatoms. The molecule has 0 saturated carbocycles. The minimum absolute atomic E-state index is 0.0601. The highest BCUT2D eigenvalue weighted by Crippen LogP contribution is 2.39. The van der Waals surface area contributed by atoms with E-state index in [4.69, 9.17) is 37.4 Å². The first-order valence-electron chi connectivity index (χ1n) is 8.34. The van der Waals surface area contributed by atoms with Crippen LogP contribution in [0.3, 0.4) is 0 Å². The van der Waals surface area contributed by atoms with Crippen molar-refractivity contribution >= 4 is 40.9 Å². The second-order valence-corrected chi connectivity index (χ2v) is 7.46. The summed E-state index contributed by atoms with van der Waals surface area (Å²) in [5.74, 6) is 0.413. The molecule has 0 N–H and O–H groups in total. The predicted octanol–water partition coefficient (Wildman–Crippen LogP) is 5.31. The van der Waals surface area contributed by atoms with Crippen LogP contribution in [0.1, 0.15) is 16.1 Å². The zero-order chi connectivity index (χ0) is 20.8. The second kappa shape index (κ2) is 9.82. The molecule has 0 radical (unpaired) electrons. The van der Waals surface area contributed by atoms with Gasteiger partial charge in [0.15, 0.2) is 10.7 Å². The van der Waals surface area contributed by atoms with Gasteiger partial charge in [-0.2, -0.15) is 0 Å². The summed E-state index contributed by atoms with van der Waals surface area (Å²) in [6.07, 6.45) is 1.30. The van der Waals surface area contributed by atoms with Crippen molar-refractivity contribution in [3.05, 3.63) is 70.0 Å². The number of hydrogen-bond donors (Lipinski definition) is 0. The van der Waals surface area contributed by atoms with Gasteiger partial charge in [0.05, 0.1) is 30.5 Å². The molecular formula is C20H16Cl2N2O4S. The van der Waals surface area contributed by atoms with Crippen molar-refractivity contribution in [2.45, 2.75) is 16.5 Å². The smallest absolute Gasteiger partial charge is 0.358 e. The highest BCUT2D eigenvalue weighted by Gasteiger charge is 2.17. The lowest BCUT2D eigenvalue weighted by Gasteiger charge is -2.12. The minimum Gasteiger partial charge on any atom is -0.497 e. The summed E-state index contributed by atoms with van der Waals surface area (Å²) in [5.41, 5.74) is 0.978. The lowest BCUT2D eigenvalue weighted by Crippen LogP contribution is -2.08. The van der Waals surface area contributed by atoms with E-state index < -0.39 is 5.97 Å². The first-order chi connectivity index (χ1) is 14.0. The molecule has 1 heterocycles. The van der Waals surface area contributed by atoms with Gasteiger partial charge in [0.25, 0.3) is 0 Å². The molecule has 2 aromatic carbocycles. The Labute approximate surface area is 182 Å². The first kappa shape index (κ1) is 21.2. The Balaban J connectivity index is 1.88. The Bertz CT molecular complexity index is 1020. The van der Waals surface area contributed by atoms with Crippen LogP contribution in [0.5, 0.6) is 11.6 Å². The molecule has 0 spiro atoms. The van der Waals surface area contributed by atoms with Crippen LogP contribution in [0.15, 0.2) is 58.6 Å². The summed E-state index contributed by atoms with van der Waals surface area (Å²) in [4.78, 5) is 21.1. The number of benzene rings is 2. The molecule has 3 aromatic rings. The van der Waals surface area contributed by atoms with Crippen LogP contribution < -0.4 is 9.47 Å². The van der Waals surface area contributed by atoms with E-state index in [0.717, 1.165) is 11.3 Å². The van der Waals surface area contributed by atoms with Crippen molar-refractivity contribution < 1.29 is 19.0 Å². The molecule has 0 amide bonds. The predicted molar refractivity (Wildman–Crippen MR) is 111 cm³/mol. The number of rotatable bonds is 7. The minimum atomic E-state index is -0.599. The van der Waals surface area contributed by atoms with Gasteiger partial charge in [-0.1, -0.05) is 53.2 Å². The number of hydrogen-bond acceptors (Lipinski definition) is 7. The third kappa shape index (κ3) is 5.32. The Morgan fingerprint density at radius 2 is 1.86 bits per heavy atom. The van der Waals surface area contributed by atoms with E-state index in [0.29, 0.717) is 20.0 Å². The SMILES string of the molecule is COC(=O)c1cnc(OCc2ccc(OC)cc2)c(Sc2cccc(Cl)c2Cl)n1. The Kier molecular flexibility index (Phi) is 7.19. The van der Waals surface area contributed by atoms with Crippen LogP contribution in [0, 0.1) is 0 Å². The molecule has 0 fully saturated rings. The van der Waals surface area contributed by atoms with Crippen molar-refractivity contribution in [3.8, 4) is 11.6 Å². The first-order valence-corrected chi connectivity index (χ1v) is 9.92. The van der Waals surface area contributed by atoms with Gasteiger partial charge in [-0.15, -0.1) is 0 Å². The zero-order valence-electron chi connectivity index (χ0n) is 15.5. The summed E-state index contributed by atoms with van der Waals surface area (Å²) >= 11 is 13.6. The summed E-state index contributed by atoms with van der Waals surface area (Å²) < 4.78 is 15.7. The Morgan fingerprint density at radius 3 is 2.55 bits per heavy atom. The summed E-state index contributed by atoms with van der Waals surface area (Å²) in [6, 6.07) is 12.7. The van der Waals surface area contributed by atoms with Gasteiger partial charge in [-0.3, -0.25) is 0 Å². The molecule has 0 atom stereocenters. The van der Waals surface area contributed by atoms with Gasteiger partial charge in [0.1, 0.15) is 12.4 Å². The molecule has 150 valence electrons. The molecule has 0 bridgehead atoms. The maximum absolute atomic E-state index is 11.9. The van der Waals surface area contributed by atoms with Gasteiger partial charge in [0, 0.05) is 4.90 Å². The van der Waals surface area contributed by atoms with Crippen LogP contribution in [-0.4, -0.2) is 30.2 Å². The molecular weight excluding hydrogens is 435 g/mol. The molecule has 3 rings (SSSR count). The number of carbonyl (C=O) groups is 1. The fraction of sp³-hybridized carbons (Fsp3) is 0.150. The standard InChI is InChI=1S/C20H16Cl2N2O4S/c1-26-13-8-6-12(7-9-13)11-28-18-19(24-15(10-23-18)20(25)27-2)29-16-5-3-4-14(21)17(16)22/h3-10H,11H2,1-2H3. The van der Waals surface area contributed by atoms with Crippen LogP contribution in [-0.2, 0) is 11.3 Å². The number of carbonyl (C=O) groups excluding carboxylic acids is 1. The van der Waals surface area contributed by atoms with E-state index in [1.807, 2.05) is 24.3 Å². The van der Waals surface area contributed by atoms with Crippen LogP contribution >= 0.6 is 35.0 Å². The van der Waals surface area contributed by atoms with Gasteiger partial charge in [0.2, 0.25) is 5.88 Å². The van der Waals surface area contributed by atoms with Gasteiger partial charge in [-0.05, 0) is 29.8 Å². The van der Waals surface area contributed by atoms with Crippen LogP contribution in [0.4, 0.5) is 0 Å². The Morgan fingerprint density at radius 1 is 1.10 bits per heavy atom. The molecule has 29 heavy (non-hydrogen) atoms. The molecule has 0 aliphatic carbocycles. The Hall–Kier alpha value is -2.48. The number of methoxy groups -OCH3 is 2. The maximum atomic E-state index is 11.9. The molecule has 0 saturated heterocycles. The summed E-state index contributed by atoms with van der Waals surface area (Å²) in [5, 5.41) is 1.16. The number of aromatic nitrogens is 2. The topological polar surface area (TPSA) is 70.5 Å². The second-order valence-electron chi connectivity index (χ2n) is 5.65. The van der Waals surface area contributed by atoms with Crippen molar-refractivity contribution in [2.75, 3.05) is 14.2 Å². The third-order valence-electron chi connectivity index (χ3n) is 3.76. The lowest BCUT2D eigenvalue weighted by atomic mass is 10.2. The van der Waals surface area contributed by atoms with Gasteiger partial charge < -0.3 is 14.2 Å². The normalized spacial score (nSPS) is 10.5. The number of halogens is 2. The largest absolute Gasteiger partial charge is 0.497 e. The number of ether oxygens (including phenoxy) is 3. The van der Waals surface area contributed by atoms with Gasteiger partial charge in [-0.25, -0.2) is 14.8 Å². The quantitative estimate of drug-likeness (QED) is 0.451. The maximum Gasteiger partial charge on any atom is 0.358 e. The van der Waals surface area contributed by atoms with Crippen LogP contribution in [0.25, 0.3) is 0 Å². The zero-order valence-corrected chi connectivity index (χ0v) is 17.8. The summed E-state index contributed by atoms with van der Waals surface area (Å²) in [6.45, 7) is 0.257. The monoisotopic (exact) mass is 450 g/mol.